The maximum Gasteiger partial charge on any atom is 0.168 e. The molecule has 0 bridgehead atoms. The molecule has 2 unspecified atom stereocenters. The monoisotopic (exact) mass is 641 g/mol. The summed E-state index contributed by atoms with van der Waals surface area (Å²) >= 11 is 3.56. The van der Waals surface area contributed by atoms with E-state index in [0.717, 1.165) is 21.1 Å². The fourth-order valence-electron chi connectivity index (χ4n) is 4.64. The first-order valence-electron chi connectivity index (χ1n) is 12.9. The van der Waals surface area contributed by atoms with Crippen LogP contribution in [0.5, 0.6) is 5.75 Å². The van der Waals surface area contributed by atoms with Gasteiger partial charge in [-0.1, -0.05) is 12.1 Å². The van der Waals surface area contributed by atoms with Crippen molar-refractivity contribution in [1.29, 1.82) is 0 Å². The van der Waals surface area contributed by atoms with Crippen LogP contribution in [-0.4, -0.2) is 48.0 Å². The van der Waals surface area contributed by atoms with Crippen LogP contribution >= 0.6 is 15.9 Å². The normalized spacial score (nSPS) is 17.4. The zero-order chi connectivity index (χ0) is 29.0. The Morgan fingerprint density at radius 1 is 1.17 bits per heavy atom. The summed E-state index contributed by atoms with van der Waals surface area (Å²) in [6, 6.07) is 13.5. The molecule has 0 saturated heterocycles. The predicted octanol–water partition coefficient (Wildman–Crippen LogP) is 5.40. The number of ether oxygens (including phenoxy) is 2. The minimum Gasteiger partial charge on any atom is -0.488 e. The zero-order valence-electron chi connectivity index (χ0n) is 22.5. The molecular formula is C29H29BrFN5O4S. The van der Waals surface area contributed by atoms with Gasteiger partial charge in [0.25, 0.3) is 0 Å². The van der Waals surface area contributed by atoms with Gasteiger partial charge in [0.2, 0.25) is 0 Å². The molecular weight excluding hydrogens is 613 g/mol. The third-order valence-corrected chi connectivity index (χ3v) is 8.42. The Morgan fingerprint density at radius 3 is 2.76 bits per heavy atom. The van der Waals surface area contributed by atoms with Gasteiger partial charge in [0.15, 0.2) is 5.60 Å². The number of aromatic nitrogens is 3. The fourth-order valence-corrected chi connectivity index (χ4v) is 5.62. The van der Waals surface area contributed by atoms with Crippen molar-refractivity contribution in [3.63, 3.8) is 0 Å². The summed E-state index contributed by atoms with van der Waals surface area (Å²) in [6.07, 6.45) is 8.51. The van der Waals surface area contributed by atoms with Crippen molar-refractivity contribution in [1.82, 2.24) is 20.3 Å². The lowest BCUT2D eigenvalue weighted by Crippen LogP contribution is -2.48. The SMILES string of the molecule is CC(NCCS(C)(=O)=O)C1(c2cc3c(Nc4ccc(OCc5cccc(F)c5)c(Br)c4)ncnc3cn2)CC=CO1. The molecule has 0 saturated carbocycles. The van der Waals surface area contributed by atoms with Gasteiger partial charge in [0.05, 0.1) is 39.9 Å². The van der Waals surface area contributed by atoms with E-state index in [-0.39, 0.29) is 24.2 Å². The van der Waals surface area contributed by atoms with E-state index in [9.17, 15) is 12.8 Å². The van der Waals surface area contributed by atoms with Gasteiger partial charge >= 0.3 is 0 Å². The lowest BCUT2D eigenvalue weighted by molar-refractivity contribution is 0.00504. The number of anilines is 2. The summed E-state index contributed by atoms with van der Waals surface area (Å²) < 4.78 is 49.4. The molecule has 9 nitrogen and oxygen atoms in total. The van der Waals surface area contributed by atoms with E-state index in [0.29, 0.717) is 35.7 Å². The van der Waals surface area contributed by atoms with Crippen molar-refractivity contribution in [2.45, 2.75) is 31.6 Å². The van der Waals surface area contributed by atoms with Gasteiger partial charge in [-0.3, -0.25) is 4.98 Å². The number of fused-ring (bicyclic) bond motifs is 1. The Kier molecular flexibility index (Phi) is 8.52. The van der Waals surface area contributed by atoms with Crippen LogP contribution in [0, 0.1) is 5.82 Å². The molecule has 0 aliphatic carbocycles. The highest BCUT2D eigenvalue weighted by atomic mass is 79.9. The van der Waals surface area contributed by atoms with Crippen molar-refractivity contribution in [2.75, 3.05) is 23.9 Å². The number of benzene rings is 2. The Morgan fingerprint density at radius 2 is 2.02 bits per heavy atom. The lowest BCUT2D eigenvalue weighted by atomic mass is 9.87. The number of hydrogen-bond acceptors (Lipinski definition) is 9. The van der Waals surface area contributed by atoms with E-state index in [1.54, 1.807) is 24.6 Å². The molecule has 2 aromatic carbocycles. The lowest BCUT2D eigenvalue weighted by Gasteiger charge is -2.35. The average molecular weight is 643 g/mol. The second-order valence-corrected chi connectivity index (χ2v) is 13.0. The highest BCUT2D eigenvalue weighted by molar-refractivity contribution is 9.10. The van der Waals surface area contributed by atoms with Crippen molar-refractivity contribution in [3.05, 3.63) is 94.9 Å². The van der Waals surface area contributed by atoms with Crippen molar-refractivity contribution >= 4 is 48.2 Å². The summed E-state index contributed by atoms with van der Waals surface area (Å²) in [5.41, 5.74) is 2.00. The van der Waals surface area contributed by atoms with Gasteiger partial charge < -0.3 is 20.1 Å². The predicted molar refractivity (Wildman–Crippen MR) is 159 cm³/mol. The first kappa shape index (κ1) is 28.9. The molecule has 5 rings (SSSR count). The van der Waals surface area contributed by atoms with Crippen LogP contribution in [-0.2, 0) is 26.8 Å². The van der Waals surface area contributed by atoms with E-state index < -0.39 is 15.4 Å². The van der Waals surface area contributed by atoms with Crippen molar-refractivity contribution in [3.8, 4) is 5.75 Å². The van der Waals surface area contributed by atoms with Gasteiger partial charge in [-0.15, -0.1) is 0 Å². The van der Waals surface area contributed by atoms with E-state index >= 15 is 0 Å². The highest BCUT2D eigenvalue weighted by Gasteiger charge is 2.42. The van der Waals surface area contributed by atoms with E-state index in [4.69, 9.17) is 9.47 Å². The molecule has 1 aliphatic heterocycles. The minimum absolute atomic E-state index is 0.0259. The van der Waals surface area contributed by atoms with Crippen molar-refractivity contribution < 1.29 is 22.3 Å². The zero-order valence-corrected chi connectivity index (χ0v) is 24.9. The molecule has 0 amide bonds. The molecule has 2 aromatic heterocycles. The summed E-state index contributed by atoms with van der Waals surface area (Å²) in [5, 5.41) is 7.39. The molecule has 214 valence electrons. The summed E-state index contributed by atoms with van der Waals surface area (Å²) in [7, 11) is -3.10. The van der Waals surface area contributed by atoms with Crippen molar-refractivity contribution in [2.24, 2.45) is 0 Å². The van der Waals surface area contributed by atoms with Crippen LogP contribution in [0.4, 0.5) is 15.9 Å². The second-order valence-electron chi connectivity index (χ2n) is 9.89. The van der Waals surface area contributed by atoms with E-state index in [1.807, 2.05) is 37.3 Å². The number of hydrogen-bond donors (Lipinski definition) is 2. The molecule has 0 radical (unpaired) electrons. The molecule has 1 aliphatic rings. The number of pyridine rings is 1. The Labute approximate surface area is 246 Å². The van der Waals surface area contributed by atoms with Gasteiger partial charge in [-0.05, 0) is 70.9 Å². The Bertz CT molecular complexity index is 1690. The number of nitrogens with zero attached hydrogens (tertiary/aromatic N) is 3. The van der Waals surface area contributed by atoms with Crippen LogP contribution in [0.1, 0.15) is 24.6 Å². The number of halogens is 2. The van der Waals surface area contributed by atoms with Crippen LogP contribution in [0.25, 0.3) is 10.9 Å². The molecule has 0 spiro atoms. The van der Waals surface area contributed by atoms with Gasteiger partial charge in [-0.2, -0.15) is 0 Å². The Balaban J connectivity index is 1.37. The molecule has 41 heavy (non-hydrogen) atoms. The average Bonchev–Trinajstić information content (AvgIpc) is 3.43. The smallest absolute Gasteiger partial charge is 0.168 e. The number of nitrogens with one attached hydrogen (secondary N) is 2. The first-order chi connectivity index (χ1) is 19.6. The summed E-state index contributed by atoms with van der Waals surface area (Å²) in [6.45, 7) is 2.48. The second kappa shape index (κ2) is 12.1. The number of sulfone groups is 1. The van der Waals surface area contributed by atoms with Crippen LogP contribution in [0.3, 0.4) is 0 Å². The molecule has 2 N–H and O–H groups in total. The Hall–Kier alpha value is -3.61. The fraction of sp³-hybridized carbons (Fsp3) is 0.276. The molecule has 2 atom stereocenters. The highest BCUT2D eigenvalue weighted by Crippen LogP contribution is 2.39. The largest absolute Gasteiger partial charge is 0.488 e. The van der Waals surface area contributed by atoms with Gasteiger partial charge in [0.1, 0.15) is 40.2 Å². The maximum absolute atomic E-state index is 13.5. The summed E-state index contributed by atoms with van der Waals surface area (Å²) in [4.78, 5) is 13.5. The van der Waals surface area contributed by atoms with Crippen LogP contribution < -0.4 is 15.4 Å². The number of rotatable bonds is 11. The van der Waals surface area contributed by atoms with Gasteiger partial charge in [0, 0.05) is 30.3 Å². The topological polar surface area (TPSA) is 115 Å². The molecule has 3 heterocycles. The van der Waals surface area contributed by atoms with E-state index in [1.165, 1.54) is 24.7 Å². The van der Waals surface area contributed by atoms with E-state index in [2.05, 4.69) is 41.5 Å². The third kappa shape index (κ3) is 6.83. The first-order valence-corrected chi connectivity index (χ1v) is 15.8. The molecule has 12 heteroatoms. The maximum atomic E-state index is 13.5. The van der Waals surface area contributed by atoms with Crippen LogP contribution in [0.2, 0.25) is 0 Å². The third-order valence-electron chi connectivity index (χ3n) is 6.85. The molecule has 4 aromatic rings. The van der Waals surface area contributed by atoms with Gasteiger partial charge in [-0.25, -0.2) is 22.8 Å². The minimum atomic E-state index is -3.10. The van der Waals surface area contributed by atoms with Crippen LogP contribution in [0.15, 0.2) is 77.9 Å². The standard InChI is InChI=1S/C29H29BrFN5O4S/c1-19(32-10-12-41(2,37)38)29(9-4-11-40-29)27-15-23-25(16-33-27)34-18-35-28(23)36-22-7-8-26(24(30)14-22)39-17-20-5-3-6-21(31)13-20/h3-8,11,13-16,18-19,32H,9-10,12,17H2,1-2H3,(H,34,35,36). The molecule has 0 fully saturated rings. The quantitative estimate of drug-likeness (QED) is 0.222. The summed E-state index contributed by atoms with van der Waals surface area (Å²) in [5.74, 6) is 0.916.